The van der Waals surface area contributed by atoms with Crippen LogP contribution in [0.25, 0.3) is 31.9 Å². The van der Waals surface area contributed by atoms with E-state index in [1.165, 1.54) is 16.0 Å². The van der Waals surface area contributed by atoms with Crippen molar-refractivity contribution in [1.29, 1.82) is 0 Å². The lowest BCUT2D eigenvalue weighted by Crippen LogP contribution is -2.27. The zero-order chi connectivity index (χ0) is 19.1. The van der Waals surface area contributed by atoms with Crippen molar-refractivity contribution in [2.24, 2.45) is 0 Å². The van der Waals surface area contributed by atoms with Gasteiger partial charge in [-0.15, -0.1) is 11.3 Å². The first-order valence-corrected chi connectivity index (χ1v) is 10.4. The molecule has 0 radical (unpaired) electrons. The molecule has 0 unspecified atom stereocenters. The number of aromatic nitrogens is 4. The first kappa shape index (κ1) is 17.3. The molecule has 0 spiro atoms. The van der Waals surface area contributed by atoms with Gasteiger partial charge >= 0.3 is 0 Å². The summed E-state index contributed by atoms with van der Waals surface area (Å²) in [6.45, 7) is 4.17. The highest BCUT2D eigenvalue weighted by Gasteiger charge is 2.22. The standard InChI is InChI=1S/C21H22N6S/c1-12-3-2-4-17-18(12)26-21(28-17)15-9-14(10-24-20(15)22)16-11-25-27-19(16)13-5-7-23-8-6-13/h2-4,9-11,13,23H,5-8H2,1H3,(H2,22,24)(H,25,27). The van der Waals surface area contributed by atoms with E-state index in [1.807, 2.05) is 12.4 Å². The molecular formula is C21H22N6S. The molecular weight excluding hydrogens is 368 g/mol. The van der Waals surface area contributed by atoms with E-state index in [4.69, 9.17) is 10.7 Å². The van der Waals surface area contributed by atoms with Crippen molar-refractivity contribution in [3.63, 3.8) is 0 Å². The summed E-state index contributed by atoms with van der Waals surface area (Å²) in [5.74, 6) is 0.997. The van der Waals surface area contributed by atoms with Crippen LogP contribution in [0.2, 0.25) is 0 Å². The number of hydrogen-bond donors (Lipinski definition) is 3. The summed E-state index contributed by atoms with van der Waals surface area (Å²) in [5, 5.41) is 11.9. The van der Waals surface area contributed by atoms with E-state index in [1.54, 1.807) is 11.3 Å². The van der Waals surface area contributed by atoms with Gasteiger partial charge in [-0.1, -0.05) is 12.1 Å². The zero-order valence-electron chi connectivity index (χ0n) is 15.7. The van der Waals surface area contributed by atoms with Gasteiger partial charge < -0.3 is 11.1 Å². The van der Waals surface area contributed by atoms with E-state index < -0.39 is 0 Å². The highest BCUT2D eigenvalue weighted by molar-refractivity contribution is 7.21. The van der Waals surface area contributed by atoms with Crippen LogP contribution in [-0.2, 0) is 0 Å². The summed E-state index contributed by atoms with van der Waals surface area (Å²) >= 11 is 1.65. The van der Waals surface area contributed by atoms with Gasteiger partial charge in [-0.2, -0.15) is 5.10 Å². The molecule has 4 aromatic rings. The SMILES string of the molecule is Cc1cccc2sc(-c3cc(-c4cn[nH]c4C4CCNCC4)cnc3N)nc12. The van der Waals surface area contributed by atoms with Gasteiger partial charge in [-0.3, -0.25) is 5.10 Å². The first-order valence-electron chi connectivity index (χ1n) is 9.57. The number of rotatable bonds is 3. The Bertz CT molecular complexity index is 1140. The fourth-order valence-corrected chi connectivity index (χ4v) is 5.01. The number of para-hydroxylation sites is 1. The minimum atomic E-state index is 0.491. The molecule has 3 aromatic heterocycles. The molecule has 1 aliphatic rings. The number of nitrogens with one attached hydrogen (secondary N) is 2. The van der Waals surface area contributed by atoms with Crippen molar-refractivity contribution in [2.45, 2.75) is 25.7 Å². The number of aryl methyl sites for hydroxylation is 1. The molecule has 1 aliphatic heterocycles. The van der Waals surface area contributed by atoms with Gasteiger partial charge in [0.1, 0.15) is 10.8 Å². The monoisotopic (exact) mass is 390 g/mol. The van der Waals surface area contributed by atoms with Crippen LogP contribution in [0, 0.1) is 6.92 Å². The maximum atomic E-state index is 6.24. The third-order valence-corrected chi connectivity index (χ3v) is 6.55. The largest absolute Gasteiger partial charge is 0.383 e. The average Bonchev–Trinajstić information content (AvgIpc) is 3.37. The number of pyridine rings is 1. The van der Waals surface area contributed by atoms with Gasteiger partial charge in [0.25, 0.3) is 0 Å². The summed E-state index contributed by atoms with van der Waals surface area (Å²) < 4.78 is 1.17. The van der Waals surface area contributed by atoms with Gasteiger partial charge in [-0.25, -0.2) is 9.97 Å². The maximum absolute atomic E-state index is 6.24. The van der Waals surface area contributed by atoms with Crippen molar-refractivity contribution in [2.75, 3.05) is 18.8 Å². The molecule has 0 bridgehead atoms. The van der Waals surface area contributed by atoms with Crippen LogP contribution in [0.1, 0.15) is 30.0 Å². The molecule has 6 nitrogen and oxygen atoms in total. The van der Waals surface area contributed by atoms with E-state index in [0.717, 1.165) is 53.1 Å². The Morgan fingerprint density at radius 2 is 2.00 bits per heavy atom. The summed E-state index contributed by atoms with van der Waals surface area (Å²) in [4.78, 5) is 9.33. The van der Waals surface area contributed by atoms with E-state index in [0.29, 0.717) is 11.7 Å². The van der Waals surface area contributed by atoms with Gasteiger partial charge in [0.15, 0.2) is 0 Å². The van der Waals surface area contributed by atoms with E-state index in [9.17, 15) is 0 Å². The number of nitrogens with two attached hydrogens (primary N) is 1. The molecule has 1 saturated heterocycles. The molecule has 1 fully saturated rings. The summed E-state index contributed by atoms with van der Waals surface area (Å²) in [6, 6.07) is 8.35. The molecule has 28 heavy (non-hydrogen) atoms. The van der Waals surface area contributed by atoms with Crippen molar-refractivity contribution in [3.8, 4) is 21.7 Å². The Balaban J connectivity index is 1.58. The number of nitrogen functional groups attached to an aromatic ring is 1. The number of anilines is 1. The summed E-state index contributed by atoms with van der Waals surface area (Å²) in [5.41, 5.74) is 12.7. The van der Waals surface area contributed by atoms with Crippen molar-refractivity contribution < 1.29 is 0 Å². The number of thiazole rings is 1. The molecule has 4 heterocycles. The second-order valence-electron chi connectivity index (χ2n) is 7.32. The Morgan fingerprint density at radius 1 is 1.14 bits per heavy atom. The third kappa shape index (κ3) is 2.96. The Hall–Kier alpha value is -2.77. The number of H-pyrrole nitrogens is 1. The maximum Gasteiger partial charge on any atom is 0.133 e. The number of hydrogen-bond acceptors (Lipinski definition) is 6. The molecule has 0 saturated carbocycles. The number of benzene rings is 1. The van der Waals surface area contributed by atoms with Crippen LogP contribution in [0.5, 0.6) is 0 Å². The van der Waals surface area contributed by atoms with Crippen LogP contribution in [0.4, 0.5) is 5.82 Å². The Labute approximate surface area is 167 Å². The summed E-state index contributed by atoms with van der Waals surface area (Å²) in [6.07, 6.45) is 5.97. The Kier molecular flexibility index (Phi) is 4.33. The van der Waals surface area contributed by atoms with Gasteiger partial charge in [0.05, 0.1) is 22.0 Å². The number of piperidine rings is 1. The van der Waals surface area contributed by atoms with Crippen molar-refractivity contribution in [1.82, 2.24) is 25.5 Å². The van der Waals surface area contributed by atoms with Crippen LogP contribution < -0.4 is 11.1 Å². The number of fused-ring (bicyclic) bond motifs is 1. The predicted octanol–water partition coefficient (Wildman–Crippen LogP) is 4.11. The molecule has 0 amide bonds. The topological polar surface area (TPSA) is 92.5 Å². The lowest BCUT2D eigenvalue weighted by molar-refractivity contribution is 0.453. The molecule has 7 heteroatoms. The van der Waals surface area contributed by atoms with Crippen LogP contribution in [0.3, 0.4) is 0 Å². The minimum Gasteiger partial charge on any atom is -0.383 e. The van der Waals surface area contributed by atoms with E-state index in [2.05, 4.69) is 51.7 Å². The van der Waals surface area contributed by atoms with Crippen LogP contribution in [0.15, 0.2) is 36.7 Å². The summed E-state index contributed by atoms with van der Waals surface area (Å²) in [7, 11) is 0. The number of nitrogens with zero attached hydrogens (tertiary/aromatic N) is 3. The molecule has 0 aliphatic carbocycles. The van der Waals surface area contributed by atoms with Crippen molar-refractivity contribution in [3.05, 3.63) is 47.9 Å². The highest BCUT2D eigenvalue weighted by Crippen LogP contribution is 2.38. The average molecular weight is 391 g/mol. The fraction of sp³-hybridized carbons (Fsp3) is 0.286. The van der Waals surface area contributed by atoms with Gasteiger partial charge in [0.2, 0.25) is 0 Å². The fourth-order valence-electron chi connectivity index (χ4n) is 3.94. The van der Waals surface area contributed by atoms with Gasteiger partial charge in [-0.05, 0) is 50.6 Å². The quantitative estimate of drug-likeness (QED) is 0.490. The first-order chi connectivity index (χ1) is 13.7. The second kappa shape index (κ2) is 7.00. The van der Waals surface area contributed by atoms with Crippen LogP contribution in [-0.4, -0.2) is 33.3 Å². The number of aromatic amines is 1. The third-order valence-electron chi connectivity index (χ3n) is 5.50. The Morgan fingerprint density at radius 3 is 2.82 bits per heavy atom. The molecule has 142 valence electrons. The molecule has 5 rings (SSSR count). The van der Waals surface area contributed by atoms with E-state index >= 15 is 0 Å². The second-order valence-corrected chi connectivity index (χ2v) is 8.35. The highest BCUT2D eigenvalue weighted by atomic mass is 32.1. The minimum absolute atomic E-state index is 0.491. The van der Waals surface area contributed by atoms with E-state index in [-0.39, 0.29) is 0 Å². The lowest BCUT2D eigenvalue weighted by atomic mass is 9.90. The van der Waals surface area contributed by atoms with Gasteiger partial charge in [0, 0.05) is 28.9 Å². The molecule has 1 aromatic carbocycles. The van der Waals surface area contributed by atoms with Crippen molar-refractivity contribution >= 4 is 27.4 Å². The molecule has 0 atom stereocenters. The smallest absolute Gasteiger partial charge is 0.133 e. The normalized spacial score (nSPS) is 15.3. The van der Waals surface area contributed by atoms with Crippen LogP contribution >= 0.6 is 11.3 Å². The predicted molar refractivity (Wildman–Crippen MR) is 114 cm³/mol. The molecule has 4 N–H and O–H groups in total. The lowest BCUT2D eigenvalue weighted by Gasteiger charge is -2.22. The zero-order valence-corrected chi connectivity index (χ0v) is 16.5.